The van der Waals surface area contributed by atoms with Gasteiger partial charge in [0.15, 0.2) is 0 Å². The van der Waals surface area contributed by atoms with E-state index in [9.17, 15) is 0 Å². The van der Waals surface area contributed by atoms with Crippen LogP contribution >= 0.6 is 23.2 Å². The molecule has 92 valence electrons. The van der Waals surface area contributed by atoms with E-state index < -0.39 is 0 Å². The van der Waals surface area contributed by atoms with Gasteiger partial charge in [-0.2, -0.15) is 5.26 Å². The van der Waals surface area contributed by atoms with Gasteiger partial charge in [0.1, 0.15) is 11.5 Å². The summed E-state index contributed by atoms with van der Waals surface area (Å²) < 4.78 is 5.64. The molecule has 1 aromatic heterocycles. The van der Waals surface area contributed by atoms with Crippen LogP contribution in [0.4, 0.5) is 0 Å². The molecular weight excluding hydrogens is 271 g/mol. The van der Waals surface area contributed by atoms with E-state index in [1.807, 2.05) is 24.3 Å². The molecule has 0 saturated carbocycles. The Kier molecular flexibility index (Phi) is 4.27. The van der Waals surface area contributed by atoms with Crippen LogP contribution in [0.2, 0.25) is 10.0 Å². The normalized spacial score (nSPS) is 10.3. The third-order valence-electron chi connectivity index (χ3n) is 2.36. The second kappa shape index (κ2) is 5.92. The SMILES string of the molecule is N#CCNCc1ccc(-c2ccc(Cl)cc2Cl)o1. The molecule has 5 heteroatoms. The zero-order chi connectivity index (χ0) is 13.0. The molecule has 0 spiro atoms. The van der Waals surface area contributed by atoms with E-state index in [2.05, 4.69) is 5.32 Å². The van der Waals surface area contributed by atoms with Crippen LogP contribution in [0.5, 0.6) is 0 Å². The van der Waals surface area contributed by atoms with Crippen molar-refractivity contribution < 1.29 is 4.42 Å². The van der Waals surface area contributed by atoms with Crippen molar-refractivity contribution >= 4 is 23.2 Å². The fourth-order valence-electron chi connectivity index (χ4n) is 1.55. The van der Waals surface area contributed by atoms with Crippen molar-refractivity contribution in [2.24, 2.45) is 0 Å². The Morgan fingerprint density at radius 3 is 2.78 bits per heavy atom. The Morgan fingerprint density at radius 1 is 1.22 bits per heavy atom. The number of hydrogen-bond donors (Lipinski definition) is 1. The molecule has 0 fully saturated rings. The highest BCUT2D eigenvalue weighted by Crippen LogP contribution is 2.31. The van der Waals surface area contributed by atoms with Gasteiger partial charge in [0.2, 0.25) is 0 Å². The van der Waals surface area contributed by atoms with E-state index >= 15 is 0 Å². The maximum atomic E-state index is 8.42. The topological polar surface area (TPSA) is 49.0 Å². The molecule has 0 bridgehead atoms. The van der Waals surface area contributed by atoms with Crippen LogP contribution in [0.3, 0.4) is 0 Å². The van der Waals surface area contributed by atoms with E-state index in [4.69, 9.17) is 32.9 Å². The molecule has 1 N–H and O–H groups in total. The monoisotopic (exact) mass is 280 g/mol. The molecule has 2 aromatic rings. The smallest absolute Gasteiger partial charge is 0.135 e. The summed E-state index contributed by atoms with van der Waals surface area (Å²) in [4.78, 5) is 0. The zero-order valence-electron chi connectivity index (χ0n) is 9.41. The van der Waals surface area contributed by atoms with Crippen molar-refractivity contribution in [1.82, 2.24) is 5.32 Å². The summed E-state index contributed by atoms with van der Waals surface area (Å²) in [5.41, 5.74) is 0.799. The summed E-state index contributed by atoms with van der Waals surface area (Å²) in [7, 11) is 0. The Morgan fingerprint density at radius 2 is 2.06 bits per heavy atom. The largest absolute Gasteiger partial charge is 0.460 e. The van der Waals surface area contributed by atoms with Gasteiger partial charge in [0.25, 0.3) is 0 Å². The maximum Gasteiger partial charge on any atom is 0.135 e. The van der Waals surface area contributed by atoms with Crippen LogP contribution in [0.1, 0.15) is 5.76 Å². The highest BCUT2D eigenvalue weighted by Gasteiger charge is 2.08. The summed E-state index contributed by atoms with van der Waals surface area (Å²) in [5.74, 6) is 1.44. The number of halogens is 2. The van der Waals surface area contributed by atoms with Gasteiger partial charge in [-0.3, -0.25) is 5.32 Å². The molecule has 0 aliphatic rings. The van der Waals surface area contributed by atoms with Crippen LogP contribution in [0, 0.1) is 11.3 Å². The minimum atomic E-state index is 0.289. The number of nitrogens with zero attached hydrogens (tertiary/aromatic N) is 1. The lowest BCUT2D eigenvalue weighted by molar-refractivity contribution is 0.502. The average molecular weight is 281 g/mol. The van der Waals surface area contributed by atoms with Gasteiger partial charge in [-0.05, 0) is 30.3 Å². The average Bonchev–Trinajstić information content (AvgIpc) is 2.78. The molecule has 0 aliphatic carbocycles. The summed E-state index contributed by atoms with van der Waals surface area (Å²) in [6.07, 6.45) is 0. The fraction of sp³-hybridized carbons (Fsp3) is 0.154. The second-order valence-electron chi connectivity index (χ2n) is 3.65. The summed E-state index contributed by atoms with van der Waals surface area (Å²) in [5, 5.41) is 12.5. The van der Waals surface area contributed by atoms with E-state index in [1.54, 1.807) is 12.1 Å². The minimum absolute atomic E-state index is 0.289. The first-order valence-electron chi connectivity index (χ1n) is 5.32. The molecular formula is C13H10Cl2N2O. The lowest BCUT2D eigenvalue weighted by atomic mass is 10.2. The number of furan rings is 1. The van der Waals surface area contributed by atoms with Gasteiger partial charge in [-0.1, -0.05) is 23.2 Å². The minimum Gasteiger partial charge on any atom is -0.460 e. The highest BCUT2D eigenvalue weighted by atomic mass is 35.5. The van der Waals surface area contributed by atoms with Crippen LogP contribution < -0.4 is 5.32 Å². The van der Waals surface area contributed by atoms with Crippen LogP contribution in [0.15, 0.2) is 34.7 Å². The maximum absolute atomic E-state index is 8.42. The predicted octanol–water partition coefficient (Wildman–Crippen LogP) is 3.87. The molecule has 0 radical (unpaired) electrons. The van der Waals surface area contributed by atoms with Crippen LogP contribution in [0.25, 0.3) is 11.3 Å². The van der Waals surface area contributed by atoms with Gasteiger partial charge in [-0.25, -0.2) is 0 Å². The molecule has 1 heterocycles. The van der Waals surface area contributed by atoms with Gasteiger partial charge in [0, 0.05) is 10.6 Å². The molecule has 0 atom stereocenters. The fourth-order valence-corrected chi connectivity index (χ4v) is 2.05. The van der Waals surface area contributed by atoms with E-state index in [0.29, 0.717) is 22.4 Å². The van der Waals surface area contributed by atoms with Crippen molar-refractivity contribution in [1.29, 1.82) is 5.26 Å². The third-order valence-corrected chi connectivity index (χ3v) is 2.91. The van der Waals surface area contributed by atoms with E-state index in [-0.39, 0.29) is 6.54 Å². The molecule has 18 heavy (non-hydrogen) atoms. The zero-order valence-corrected chi connectivity index (χ0v) is 10.9. The van der Waals surface area contributed by atoms with Crippen LogP contribution in [-0.2, 0) is 6.54 Å². The van der Waals surface area contributed by atoms with Crippen molar-refractivity contribution in [3.05, 3.63) is 46.1 Å². The standard InChI is InChI=1S/C13H10Cl2N2O/c14-9-1-3-11(12(15)7-9)13-4-2-10(18-13)8-17-6-5-16/h1-4,7,17H,6,8H2. The number of benzene rings is 1. The van der Waals surface area contributed by atoms with Gasteiger partial charge in [0.05, 0.1) is 24.2 Å². The molecule has 0 unspecified atom stereocenters. The summed E-state index contributed by atoms with van der Waals surface area (Å²) in [6, 6.07) is 11.0. The summed E-state index contributed by atoms with van der Waals surface area (Å²) in [6.45, 7) is 0.802. The second-order valence-corrected chi connectivity index (χ2v) is 4.50. The first-order chi connectivity index (χ1) is 8.70. The van der Waals surface area contributed by atoms with Gasteiger partial charge < -0.3 is 4.42 Å². The van der Waals surface area contributed by atoms with Gasteiger partial charge >= 0.3 is 0 Å². The van der Waals surface area contributed by atoms with E-state index in [1.165, 1.54) is 0 Å². The van der Waals surface area contributed by atoms with Crippen molar-refractivity contribution in [3.8, 4) is 17.4 Å². The molecule has 0 saturated heterocycles. The number of hydrogen-bond acceptors (Lipinski definition) is 3. The van der Waals surface area contributed by atoms with E-state index in [0.717, 1.165) is 11.3 Å². The van der Waals surface area contributed by atoms with Crippen LogP contribution in [-0.4, -0.2) is 6.54 Å². The lowest BCUT2D eigenvalue weighted by Gasteiger charge is -2.01. The number of rotatable bonds is 4. The third kappa shape index (κ3) is 3.05. The first kappa shape index (κ1) is 13.0. The number of nitrogens with one attached hydrogen (secondary N) is 1. The summed E-state index contributed by atoms with van der Waals surface area (Å²) >= 11 is 11.9. The lowest BCUT2D eigenvalue weighted by Crippen LogP contribution is -2.12. The Labute approximate surface area is 115 Å². The molecule has 3 nitrogen and oxygen atoms in total. The van der Waals surface area contributed by atoms with Crippen molar-refractivity contribution in [2.75, 3.05) is 6.54 Å². The molecule has 0 aliphatic heterocycles. The Balaban J connectivity index is 2.16. The van der Waals surface area contributed by atoms with Crippen molar-refractivity contribution in [3.63, 3.8) is 0 Å². The molecule has 0 amide bonds. The predicted molar refractivity (Wildman–Crippen MR) is 71.5 cm³/mol. The molecule has 2 rings (SSSR count). The molecule has 1 aromatic carbocycles. The first-order valence-corrected chi connectivity index (χ1v) is 6.08. The van der Waals surface area contributed by atoms with Crippen molar-refractivity contribution in [2.45, 2.75) is 6.54 Å². The Hall–Kier alpha value is -1.47. The number of nitriles is 1. The Bertz CT molecular complexity index is 587. The quantitative estimate of drug-likeness (QED) is 0.683. The van der Waals surface area contributed by atoms with Gasteiger partial charge in [-0.15, -0.1) is 0 Å². The highest BCUT2D eigenvalue weighted by molar-refractivity contribution is 6.36.